The van der Waals surface area contributed by atoms with Gasteiger partial charge in [0, 0.05) is 25.1 Å². The molecule has 1 saturated carbocycles. The van der Waals surface area contributed by atoms with Gasteiger partial charge in [-0.05, 0) is 54.3 Å². The highest BCUT2D eigenvalue weighted by molar-refractivity contribution is 7.92. The molecular weight excluding hydrogens is 348 g/mol. The van der Waals surface area contributed by atoms with E-state index in [0.29, 0.717) is 18.2 Å². The predicted octanol–water partition coefficient (Wildman–Crippen LogP) is 2.73. The fourth-order valence-corrected chi connectivity index (χ4v) is 4.27. The van der Waals surface area contributed by atoms with Gasteiger partial charge in [0.05, 0.1) is 10.6 Å². The number of sulfonamides is 1. The average Bonchev–Trinajstić information content (AvgIpc) is 3.36. The molecule has 0 atom stereocenters. The second-order valence-electron chi connectivity index (χ2n) is 6.76. The molecular formula is C20H20N2O3S. The third kappa shape index (κ3) is 3.12. The molecule has 0 unspecified atom stereocenters. The van der Waals surface area contributed by atoms with Crippen LogP contribution in [-0.4, -0.2) is 27.4 Å². The zero-order valence-electron chi connectivity index (χ0n) is 14.5. The number of carbonyl (C=O) groups is 1. The molecule has 0 saturated heterocycles. The number of fused-ring (bicyclic) bond motifs is 1. The summed E-state index contributed by atoms with van der Waals surface area (Å²) in [6.45, 7) is 0. The van der Waals surface area contributed by atoms with Crippen molar-refractivity contribution in [2.45, 2.75) is 30.2 Å². The largest absolute Gasteiger partial charge is 0.350 e. The smallest absolute Gasteiger partial charge is 0.264 e. The Labute approximate surface area is 153 Å². The van der Waals surface area contributed by atoms with Crippen molar-refractivity contribution < 1.29 is 13.2 Å². The van der Waals surface area contributed by atoms with E-state index in [1.807, 2.05) is 18.2 Å². The van der Waals surface area contributed by atoms with Crippen molar-refractivity contribution in [3.8, 4) is 0 Å². The summed E-state index contributed by atoms with van der Waals surface area (Å²) in [5.74, 6) is -0.0180. The van der Waals surface area contributed by atoms with Crippen molar-refractivity contribution >= 4 is 27.7 Å². The van der Waals surface area contributed by atoms with Gasteiger partial charge in [-0.1, -0.05) is 24.3 Å². The second-order valence-corrected chi connectivity index (χ2v) is 8.73. The lowest BCUT2D eigenvalue weighted by molar-refractivity contribution is -0.117. The molecule has 0 heterocycles. The molecule has 0 aromatic heterocycles. The number of nitrogens with zero attached hydrogens (tertiary/aromatic N) is 1. The minimum Gasteiger partial charge on any atom is -0.350 e. The maximum Gasteiger partial charge on any atom is 0.264 e. The van der Waals surface area contributed by atoms with E-state index in [4.69, 9.17) is 0 Å². The van der Waals surface area contributed by atoms with Crippen LogP contribution in [0.25, 0.3) is 6.08 Å². The van der Waals surface area contributed by atoms with Crippen LogP contribution < -0.4 is 9.62 Å². The third-order valence-electron chi connectivity index (χ3n) is 4.81. The van der Waals surface area contributed by atoms with Crippen molar-refractivity contribution in [2.24, 2.45) is 0 Å². The standard InChI is InChI=1S/C20H20N2O3S/c1-22(26(24,25)19-5-3-2-4-6-19)18-10-7-14-11-16(12-15(14)13-18)20(23)21-17-8-9-17/h2-7,10,12-13,17H,8-9,11H2,1H3,(H,21,23). The summed E-state index contributed by atoms with van der Waals surface area (Å²) in [5.41, 5.74) is 3.25. The molecule has 6 heteroatoms. The number of amides is 1. The summed E-state index contributed by atoms with van der Waals surface area (Å²) < 4.78 is 26.8. The van der Waals surface area contributed by atoms with Crippen molar-refractivity contribution in [3.63, 3.8) is 0 Å². The van der Waals surface area contributed by atoms with Crippen molar-refractivity contribution in [2.75, 3.05) is 11.4 Å². The number of rotatable bonds is 5. The Morgan fingerprint density at radius 2 is 1.85 bits per heavy atom. The first-order chi connectivity index (χ1) is 12.4. The van der Waals surface area contributed by atoms with Crippen molar-refractivity contribution in [3.05, 3.63) is 65.2 Å². The van der Waals surface area contributed by atoms with Crippen LogP contribution in [0.15, 0.2) is 59.0 Å². The monoisotopic (exact) mass is 368 g/mol. The Morgan fingerprint density at radius 1 is 1.12 bits per heavy atom. The van der Waals surface area contributed by atoms with Crippen LogP contribution in [0.4, 0.5) is 5.69 Å². The predicted molar refractivity (Wildman–Crippen MR) is 101 cm³/mol. The minimum atomic E-state index is -3.61. The molecule has 0 spiro atoms. The molecule has 1 fully saturated rings. The highest BCUT2D eigenvalue weighted by Gasteiger charge is 2.27. The van der Waals surface area contributed by atoms with Gasteiger partial charge in [0.25, 0.3) is 10.0 Å². The van der Waals surface area contributed by atoms with Gasteiger partial charge in [-0.15, -0.1) is 0 Å². The molecule has 134 valence electrons. The number of hydrogen-bond donors (Lipinski definition) is 1. The zero-order chi connectivity index (χ0) is 18.3. The van der Waals surface area contributed by atoms with Crippen LogP contribution >= 0.6 is 0 Å². The molecule has 2 aromatic carbocycles. The number of carbonyl (C=O) groups excluding carboxylic acids is 1. The summed E-state index contributed by atoms with van der Waals surface area (Å²) in [6, 6.07) is 14.2. The van der Waals surface area contributed by atoms with Crippen molar-refractivity contribution in [1.29, 1.82) is 0 Å². The third-order valence-corrected chi connectivity index (χ3v) is 6.61. The van der Waals surface area contributed by atoms with Gasteiger partial charge in [0.15, 0.2) is 0 Å². The summed E-state index contributed by atoms with van der Waals surface area (Å²) >= 11 is 0. The van der Waals surface area contributed by atoms with E-state index < -0.39 is 10.0 Å². The Kier molecular flexibility index (Phi) is 4.07. The molecule has 5 nitrogen and oxygen atoms in total. The van der Waals surface area contributed by atoms with Gasteiger partial charge in [0.1, 0.15) is 0 Å². The number of anilines is 1. The molecule has 2 aromatic rings. The molecule has 0 bridgehead atoms. The lowest BCUT2D eigenvalue weighted by Crippen LogP contribution is -2.26. The topological polar surface area (TPSA) is 66.5 Å². The highest BCUT2D eigenvalue weighted by Crippen LogP contribution is 2.31. The molecule has 1 amide bonds. The van der Waals surface area contributed by atoms with E-state index >= 15 is 0 Å². The SMILES string of the molecule is CN(c1ccc2c(c1)C=C(C(=O)NC1CC1)C2)S(=O)(=O)c1ccccc1. The molecule has 2 aliphatic rings. The van der Waals surface area contributed by atoms with E-state index in [-0.39, 0.29) is 10.8 Å². The van der Waals surface area contributed by atoms with Crippen LogP contribution in [0.3, 0.4) is 0 Å². The molecule has 0 aliphatic heterocycles. The summed E-state index contributed by atoms with van der Waals surface area (Å²) in [4.78, 5) is 12.5. The van der Waals surface area contributed by atoms with Gasteiger partial charge in [-0.2, -0.15) is 0 Å². The summed E-state index contributed by atoms with van der Waals surface area (Å²) in [6.07, 6.45) is 4.55. The van der Waals surface area contributed by atoms with Crippen molar-refractivity contribution in [1.82, 2.24) is 5.32 Å². The summed E-state index contributed by atoms with van der Waals surface area (Å²) in [7, 11) is -2.07. The Hall–Kier alpha value is -2.60. The minimum absolute atomic E-state index is 0.0180. The second kappa shape index (κ2) is 6.29. The Balaban J connectivity index is 1.60. The van der Waals surface area contributed by atoms with Gasteiger partial charge >= 0.3 is 0 Å². The zero-order valence-corrected chi connectivity index (χ0v) is 15.3. The summed E-state index contributed by atoms with van der Waals surface area (Å²) in [5, 5.41) is 3.00. The maximum atomic E-state index is 12.8. The quantitative estimate of drug-likeness (QED) is 0.882. The Bertz CT molecular complexity index is 993. The van der Waals surface area contributed by atoms with Crippen LogP contribution in [0, 0.1) is 0 Å². The van der Waals surface area contributed by atoms with Crippen LogP contribution in [0.5, 0.6) is 0 Å². The molecule has 2 aliphatic carbocycles. The average molecular weight is 368 g/mol. The number of nitrogens with one attached hydrogen (secondary N) is 1. The fourth-order valence-electron chi connectivity index (χ4n) is 3.06. The lowest BCUT2D eigenvalue weighted by Gasteiger charge is -2.20. The van der Waals surface area contributed by atoms with E-state index in [1.165, 1.54) is 4.31 Å². The normalized spacial score (nSPS) is 16.0. The molecule has 1 N–H and O–H groups in total. The van der Waals surface area contributed by atoms with E-state index in [2.05, 4.69) is 5.32 Å². The lowest BCUT2D eigenvalue weighted by atomic mass is 10.1. The molecule has 26 heavy (non-hydrogen) atoms. The van der Waals surface area contributed by atoms with Crippen LogP contribution in [0.1, 0.15) is 24.0 Å². The first kappa shape index (κ1) is 16.8. The van der Waals surface area contributed by atoms with Gasteiger partial charge < -0.3 is 5.32 Å². The van der Waals surface area contributed by atoms with Gasteiger partial charge in [-0.3, -0.25) is 9.10 Å². The van der Waals surface area contributed by atoms with Gasteiger partial charge in [0.2, 0.25) is 5.91 Å². The van der Waals surface area contributed by atoms with Crippen LogP contribution in [0.2, 0.25) is 0 Å². The fraction of sp³-hybridized carbons (Fsp3) is 0.250. The number of benzene rings is 2. The van der Waals surface area contributed by atoms with Gasteiger partial charge in [-0.25, -0.2) is 8.42 Å². The number of hydrogen-bond acceptors (Lipinski definition) is 3. The van der Waals surface area contributed by atoms with E-state index in [9.17, 15) is 13.2 Å². The van der Waals surface area contributed by atoms with E-state index in [1.54, 1.807) is 43.4 Å². The molecule has 4 rings (SSSR count). The Morgan fingerprint density at radius 3 is 2.54 bits per heavy atom. The molecule has 0 radical (unpaired) electrons. The maximum absolute atomic E-state index is 12.8. The first-order valence-corrected chi connectivity index (χ1v) is 10.1. The van der Waals surface area contributed by atoms with Crippen LogP contribution in [-0.2, 0) is 21.2 Å². The van der Waals surface area contributed by atoms with E-state index in [0.717, 1.165) is 29.5 Å². The highest BCUT2D eigenvalue weighted by atomic mass is 32.2. The first-order valence-electron chi connectivity index (χ1n) is 8.63.